The van der Waals surface area contributed by atoms with Crippen LogP contribution in [0.15, 0.2) is 48.5 Å². The molecule has 0 spiro atoms. The fourth-order valence-corrected chi connectivity index (χ4v) is 4.21. The molecule has 1 aromatic heterocycles. The first-order valence-electron chi connectivity index (χ1n) is 8.20. The highest BCUT2D eigenvalue weighted by Gasteiger charge is 2.29. The molecule has 1 fully saturated rings. The fraction of sp³-hybridized carbons (Fsp3) is 0.263. The molecule has 1 aliphatic heterocycles. The van der Waals surface area contributed by atoms with Crippen molar-refractivity contribution in [3.8, 4) is 0 Å². The maximum absolute atomic E-state index is 12.7. The number of fused-ring (bicyclic) bond motifs is 1. The van der Waals surface area contributed by atoms with Gasteiger partial charge in [0.1, 0.15) is 0 Å². The molecule has 4 nitrogen and oxygen atoms in total. The molecule has 0 bridgehead atoms. The van der Waals surface area contributed by atoms with Gasteiger partial charge in [0.05, 0.1) is 21.3 Å². The summed E-state index contributed by atoms with van der Waals surface area (Å²) < 4.78 is 1.10. The van der Waals surface area contributed by atoms with E-state index in [0.717, 1.165) is 40.3 Å². The zero-order valence-electron chi connectivity index (χ0n) is 13.5. The molecular formula is C19H19N3OS. The number of nitrogens with zero attached hydrogens (tertiary/aromatic N) is 2. The van der Waals surface area contributed by atoms with Crippen molar-refractivity contribution in [1.29, 1.82) is 0 Å². The summed E-state index contributed by atoms with van der Waals surface area (Å²) in [4.78, 5) is 19.1. The van der Waals surface area contributed by atoms with Crippen LogP contribution in [-0.2, 0) is 0 Å². The number of hydrogen-bond donors (Lipinski definition) is 1. The number of anilines is 1. The Balaban J connectivity index is 1.54. The van der Waals surface area contributed by atoms with Crippen molar-refractivity contribution in [3.63, 3.8) is 0 Å². The first-order valence-corrected chi connectivity index (χ1v) is 9.02. The van der Waals surface area contributed by atoms with Crippen LogP contribution in [0.3, 0.4) is 0 Å². The summed E-state index contributed by atoms with van der Waals surface area (Å²) in [6.45, 7) is 2.80. The molecule has 2 heterocycles. The van der Waals surface area contributed by atoms with Gasteiger partial charge in [0.2, 0.25) is 0 Å². The Morgan fingerprint density at radius 1 is 1.25 bits per heavy atom. The summed E-state index contributed by atoms with van der Waals surface area (Å²) in [6.07, 6.45) is 2.06. The van der Waals surface area contributed by atoms with E-state index in [0.29, 0.717) is 0 Å². The van der Waals surface area contributed by atoms with Crippen LogP contribution >= 0.6 is 11.3 Å². The number of likely N-dealkylation sites (tertiary alicyclic amines) is 1. The SMILES string of the molecule is Cc1nc2ccc(NC(=O)N3CCC[C@@H]3c3ccccc3)cc2s1. The van der Waals surface area contributed by atoms with Gasteiger partial charge in [-0.05, 0) is 43.5 Å². The second kappa shape index (κ2) is 6.24. The van der Waals surface area contributed by atoms with Crippen LogP contribution in [0.4, 0.5) is 10.5 Å². The fourth-order valence-electron chi connectivity index (χ4n) is 3.34. The molecule has 2 aromatic carbocycles. The number of benzene rings is 2. The van der Waals surface area contributed by atoms with Gasteiger partial charge in [-0.3, -0.25) is 0 Å². The molecule has 1 N–H and O–H groups in total. The lowest BCUT2D eigenvalue weighted by atomic mass is 10.1. The van der Waals surface area contributed by atoms with Crippen LogP contribution in [-0.4, -0.2) is 22.5 Å². The number of aryl methyl sites for hydroxylation is 1. The van der Waals surface area contributed by atoms with Crippen molar-refractivity contribution in [3.05, 3.63) is 59.1 Å². The van der Waals surface area contributed by atoms with Gasteiger partial charge >= 0.3 is 6.03 Å². The Labute approximate surface area is 145 Å². The third-order valence-electron chi connectivity index (χ3n) is 4.44. The number of nitrogens with one attached hydrogen (secondary N) is 1. The van der Waals surface area contributed by atoms with Gasteiger partial charge in [0.25, 0.3) is 0 Å². The molecule has 1 saturated heterocycles. The Morgan fingerprint density at radius 2 is 2.08 bits per heavy atom. The minimum Gasteiger partial charge on any atom is -0.317 e. The van der Waals surface area contributed by atoms with Gasteiger partial charge in [0, 0.05) is 12.2 Å². The van der Waals surface area contributed by atoms with E-state index in [2.05, 4.69) is 22.4 Å². The number of carbonyl (C=O) groups is 1. The quantitative estimate of drug-likeness (QED) is 0.717. The molecule has 4 rings (SSSR count). The summed E-state index contributed by atoms with van der Waals surface area (Å²) in [5.74, 6) is 0. The molecule has 1 atom stereocenters. The van der Waals surface area contributed by atoms with Gasteiger partial charge in [0.15, 0.2) is 0 Å². The van der Waals surface area contributed by atoms with Crippen molar-refractivity contribution >= 4 is 33.3 Å². The van der Waals surface area contributed by atoms with E-state index in [1.807, 2.05) is 48.2 Å². The third-order valence-corrected chi connectivity index (χ3v) is 5.38. The summed E-state index contributed by atoms with van der Waals surface area (Å²) in [5, 5.41) is 4.09. The average Bonchev–Trinajstić information content (AvgIpc) is 3.21. The summed E-state index contributed by atoms with van der Waals surface area (Å²) in [5.41, 5.74) is 3.02. The largest absolute Gasteiger partial charge is 0.322 e. The first-order chi connectivity index (χ1) is 11.7. The second-order valence-corrected chi connectivity index (χ2v) is 7.34. The predicted molar refractivity (Wildman–Crippen MR) is 98.5 cm³/mol. The molecule has 1 aliphatic rings. The van der Waals surface area contributed by atoms with Crippen LogP contribution in [0, 0.1) is 6.92 Å². The molecule has 0 aliphatic carbocycles. The normalized spacial score (nSPS) is 17.4. The Hall–Kier alpha value is -2.40. The lowest BCUT2D eigenvalue weighted by molar-refractivity contribution is 0.207. The van der Waals surface area contributed by atoms with Crippen molar-refractivity contribution in [2.24, 2.45) is 0 Å². The van der Waals surface area contributed by atoms with E-state index < -0.39 is 0 Å². The van der Waals surface area contributed by atoms with Crippen molar-refractivity contribution in [2.45, 2.75) is 25.8 Å². The molecular weight excluding hydrogens is 318 g/mol. The summed E-state index contributed by atoms with van der Waals surface area (Å²) >= 11 is 1.65. The van der Waals surface area contributed by atoms with Gasteiger partial charge in [-0.25, -0.2) is 9.78 Å². The molecule has 24 heavy (non-hydrogen) atoms. The third kappa shape index (κ3) is 2.87. The van der Waals surface area contributed by atoms with Crippen LogP contribution < -0.4 is 5.32 Å². The molecule has 5 heteroatoms. The Kier molecular flexibility index (Phi) is 3.94. The van der Waals surface area contributed by atoms with E-state index in [-0.39, 0.29) is 12.1 Å². The minimum absolute atomic E-state index is 0.0260. The number of urea groups is 1. The van der Waals surface area contributed by atoms with Crippen LogP contribution in [0.5, 0.6) is 0 Å². The van der Waals surface area contributed by atoms with Crippen LogP contribution in [0.25, 0.3) is 10.2 Å². The van der Waals surface area contributed by atoms with E-state index in [4.69, 9.17) is 0 Å². The standard InChI is InChI=1S/C19H19N3OS/c1-13-20-16-10-9-15(12-18(16)24-13)21-19(23)22-11-5-8-17(22)14-6-3-2-4-7-14/h2-4,6-7,9-10,12,17H,5,8,11H2,1H3,(H,21,23)/t17-/m1/s1. The summed E-state index contributed by atoms with van der Waals surface area (Å²) in [7, 11) is 0. The first kappa shape index (κ1) is 15.1. The highest BCUT2D eigenvalue weighted by Crippen LogP contribution is 2.32. The zero-order chi connectivity index (χ0) is 16.5. The van der Waals surface area contributed by atoms with Crippen LogP contribution in [0.2, 0.25) is 0 Å². The van der Waals surface area contributed by atoms with Crippen LogP contribution in [0.1, 0.15) is 29.5 Å². The minimum atomic E-state index is -0.0260. The smallest absolute Gasteiger partial charge is 0.317 e. The summed E-state index contributed by atoms with van der Waals surface area (Å²) in [6, 6.07) is 16.3. The topological polar surface area (TPSA) is 45.2 Å². The predicted octanol–water partition coefficient (Wildman–Crippen LogP) is 4.97. The Morgan fingerprint density at radius 3 is 2.92 bits per heavy atom. The zero-order valence-corrected chi connectivity index (χ0v) is 14.3. The molecule has 3 aromatic rings. The number of aromatic nitrogens is 1. The van der Waals surface area contributed by atoms with E-state index in [1.54, 1.807) is 11.3 Å². The highest BCUT2D eigenvalue weighted by atomic mass is 32.1. The number of thiazole rings is 1. The number of carbonyl (C=O) groups excluding carboxylic acids is 1. The van der Waals surface area contributed by atoms with Gasteiger partial charge in [-0.15, -0.1) is 11.3 Å². The van der Waals surface area contributed by atoms with Crippen molar-refractivity contribution < 1.29 is 4.79 Å². The monoisotopic (exact) mass is 337 g/mol. The number of hydrogen-bond acceptors (Lipinski definition) is 3. The molecule has 0 saturated carbocycles. The molecule has 2 amide bonds. The van der Waals surface area contributed by atoms with Crippen molar-refractivity contribution in [2.75, 3.05) is 11.9 Å². The lowest BCUT2D eigenvalue weighted by Gasteiger charge is -2.25. The van der Waals surface area contributed by atoms with Gasteiger partial charge in [-0.1, -0.05) is 30.3 Å². The van der Waals surface area contributed by atoms with Crippen molar-refractivity contribution in [1.82, 2.24) is 9.88 Å². The molecule has 0 radical (unpaired) electrons. The van der Waals surface area contributed by atoms with E-state index in [1.165, 1.54) is 5.56 Å². The molecule has 0 unspecified atom stereocenters. The van der Waals surface area contributed by atoms with E-state index in [9.17, 15) is 4.79 Å². The molecule has 122 valence electrons. The average molecular weight is 337 g/mol. The van der Waals surface area contributed by atoms with Gasteiger partial charge < -0.3 is 10.2 Å². The van der Waals surface area contributed by atoms with Gasteiger partial charge in [-0.2, -0.15) is 0 Å². The second-order valence-electron chi connectivity index (χ2n) is 6.11. The maximum atomic E-state index is 12.7. The highest BCUT2D eigenvalue weighted by molar-refractivity contribution is 7.18. The van der Waals surface area contributed by atoms with E-state index >= 15 is 0 Å². The number of rotatable bonds is 2. The Bertz CT molecular complexity index is 875. The maximum Gasteiger partial charge on any atom is 0.322 e. The number of amides is 2. The lowest BCUT2D eigenvalue weighted by Crippen LogP contribution is -2.34.